The van der Waals surface area contributed by atoms with E-state index in [-0.39, 0.29) is 16.2 Å². The predicted molar refractivity (Wildman–Crippen MR) is 107 cm³/mol. The van der Waals surface area contributed by atoms with Crippen molar-refractivity contribution in [2.75, 3.05) is 0 Å². The Labute approximate surface area is 164 Å². The molecule has 0 spiro atoms. The molecule has 5 bridgehead atoms. The van der Waals surface area contributed by atoms with E-state index in [1.165, 1.54) is 16.7 Å². The summed E-state index contributed by atoms with van der Waals surface area (Å²) in [5, 5.41) is 9.63. The molecule has 2 unspecified atom stereocenters. The Balaban J connectivity index is 1.52. The number of rotatable bonds is 3. The maximum absolute atomic E-state index is 4.82. The van der Waals surface area contributed by atoms with E-state index in [1.54, 1.807) is 0 Å². The average Bonchev–Trinajstić information content (AvgIpc) is 3.21. The van der Waals surface area contributed by atoms with Gasteiger partial charge >= 0.3 is 0 Å². The zero-order valence-corrected chi connectivity index (χ0v) is 15.4. The minimum atomic E-state index is 0.137. The lowest BCUT2D eigenvalue weighted by Gasteiger charge is -2.51. The van der Waals surface area contributed by atoms with Crippen molar-refractivity contribution in [3.8, 4) is 0 Å². The van der Waals surface area contributed by atoms with Gasteiger partial charge in [0.2, 0.25) is 0 Å². The summed E-state index contributed by atoms with van der Waals surface area (Å²) in [6.07, 6.45) is 0. The van der Waals surface area contributed by atoms with Crippen molar-refractivity contribution in [2.24, 2.45) is 28.0 Å². The summed E-state index contributed by atoms with van der Waals surface area (Å²) in [6.45, 7) is 0. The summed E-state index contributed by atoms with van der Waals surface area (Å²) in [5.74, 6) is 1.84. The summed E-state index contributed by atoms with van der Waals surface area (Å²) >= 11 is 0. The van der Waals surface area contributed by atoms with Crippen LogP contribution in [0.4, 0.5) is 0 Å². The monoisotopic (exact) mass is 360 g/mol. The van der Waals surface area contributed by atoms with Gasteiger partial charge in [-0.25, -0.2) is 0 Å². The third-order valence-electron chi connectivity index (χ3n) is 9.18. The quantitative estimate of drug-likeness (QED) is 0.634. The van der Waals surface area contributed by atoms with Gasteiger partial charge < -0.3 is 0 Å². The minimum Gasteiger partial charge on any atom is -0.190 e. The molecule has 0 radical (unpaired) electrons. The van der Waals surface area contributed by atoms with Crippen LogP contribution in [0.15, 0.2) is 101 Å². The van der Waals surface area contributed by atoms with Gasteiger partial charge in [0.1, 0.15) is 0 Å². The first-order chi connectivity index (χ1) is 13.9. The number of hydrogen-bond acceptors (Lipinski definition) is 2. The van der Waals surface area contributed by atoms with Crippen LogP contribution in [0.25, 0.3) is 0 Å². The normalized spacial score (nSPS) is 47.2. The van der Waals surface area contributed by atoms with Crippen LogP contribution in [0, 0.1) is 17.8 Å². The van der Waals surface area contributed by atoms with Gasteiger partial charge in [0.25, 0.3) is 0 Å². The molecule has 8 atom stereocenters. The summed E-state index contributed by atoms with van der Waals surface area (Å²) < 4.78 is 0. The third-order valence-corrected chi connectivity index (χ3v) is 9.18. The summed E-state index contributed by atoms with van der Waals surface area (Å²) in [7, 11) is 0. The van der Waals surface area contributed by atoms with Gasteiger partial charge in [-0.3, -0.25) is 0 Å². The summed E-state index contributed by atoms with van der Waals surface area (Å²) in [6, 6.07) is 34.9. The van der Waals surface area contributed by atoms with E-state index in [9.17, 15) is 0 Å². The van der Waals surface area contributed by atoms with Crippen molar-refractivity contribution in [3.05, 3.63) is 108 Å². The van der Waals surface area contributed by atoms with Crippen LogP contribution in [0.3, 0.4) is 0 Å². The average molecular weight is 360 g/mol. The number of nitrogens with zero attached hydrogens (tertiary/aromatic N) is 2. The maximum atomic E-state index is 4.82. The lowest BCUT2D eigenvalue weighted by Crippen LogP contribution is -2.55. The molecule has 3 aromatic rings. The highest BCUT2D eigenvalue weighted by Crippen LogP contribution is 3.05. The molecular formula is C26H20N2. The topological polar surface area (TPSA) is 24.7 Å². The standard InChI is InChI=1S/C26H20N2/c1-4-10-16(11-5-1)24-19-20-23-21(22(19)27-28-23)26(24,18-14-8-3-9-15-18)25(20,24)17-12-6-2-7-13-17/h1-15,19-23H/t19-,20-,21?,22+,23+,24-,25+,26?/m1/s1. The molecule has 0 aromatic heterocycles. The van der Waals surface area contributed by atoms with E-state index in [1.807, 2.05) is 0 Å². The Hall–Kier alpha value is -2.74. The number of hydrogen-bond donors (Lipinski definition) is 0. The van der Waals surface area contributed by atoms with Crippen LogP contribution in [-0.4, -0.2) is 12.1 Å². The van der Waals surface area contributed by atoms with Gasteiger partial charge in [0.05, 0.1) is 12.1 Å². The van der Waals surface area contributed by atoms with Crippen molar-refractivity contribution in [1.29, 1.82) is 0 Å². The van der Waals surface area contributed by atoms with Crippen molar-refractivity contribution < 1.29 is 0 Å². The van der Waals surface area contributed by atoms with E-state index in [0.717, 1.165) is 0 Å². The fourth-order valence-corrected chi connectivity index (χ4v) is 9.24. The second-order valence-electron chi connectivity index (χ2n) is 9.31. The van der Waals surface area contributed by atoms with Crippen LogP contribution in [0.1, 0.15) is 16.7 Å². The zero-order valence-electron chi connectivity index (χ0n) is 15.4. The Bertz CT molecular complexity index is 1090. The lowest BCUT2D eigenvalue weighted by molar-refractivity contribution is 0.0825. The van der Waals surface area contributed by atoms with Crippen LogP contribution in [-0.2, 0) is 16.2 Å². The molecular weight excluding hydrogens is 340 g/mol. The summed E-state index contributed by atoms with van der Waals surface area (Å²) in [5.41, 5.74) is 5.05. The molecule has 5 saturated carbocycles. The van der Waals surface area contributed by atoms with E-state index < -0.39 is 0 Å². The van der Waals surface area contributed by atoms with Crippen molar-refractivity contribution in [2.45, 2.75) is 28.3 Å². The molecule has 0 amide bonds. The van der Waals surface area contributed by atoms with E-state index in [0.29, 0.717) is 29.8 Å². The predicted octanol–water partition coefficient (Wildman–Crippen LogP) is 4.91. The maximum Gasteiger partial charge on any atom is 0.0807 e. The molecule has 2 heteroatoms. The van der Waals surface area contributed by atoms with E-state index in [4.69, 9.17) is 10.2 Å². The first kappa shape index (κ1) is 14.3. The lowest BCUT2D eigenvalue weighted by atomic mass is 9.52. The molecule has 5 aliphatic carbocycles. The molecule has 28 heavy (non-hydrogen) atoms. The Morgan fingerprint density at radius 3 is 1.11 bits per heavy atom. The fourth-order valence-electron chi connectivity index (χ4n) is 9.24. The highest BCUT2D eigenvalue weighted by Gasteiger charge is 3.11. The second-order valence-corrected chi connectivity index (χ2v) is 9.31. The fraction of sp³-hybridized carbons (Fsp3) is 0.308. The largest absolute Gasteiger partial charge is 0.190 e. The first-order valence-electron chi connectivity index (χ1n) is 10.5. The van der Waals surface area contributed by atoms with Crippen molar-refractivity contribution >= 4 is 0 Å². The van der Waals surface area contributed by atoms with E-state index >= 15 is 0 Å². The smallest absolute Gasteiger partial charge is 0.0807 e. The van der Waals surface area contributed by atoms with Crippen molar-refractivity contribution in [1.82, 2.24) is 0 Å². The molecule has 0 saturated heterocycles. The summed E-state index contributed by atoms with van der Waals surface area (Å²) in [4.78, 5) is 0. The molecule has 134 valence electrons. The minimum absolute atomic E-state index is 0.137. The van der Waals surface area contributed by atoms with Gasteiger partial charge in [-0.1, -0.05) is 91.0 Å². The van der Waals surface area contributed by atoms with Gasteiger partial charge in [-0.15, -0.1) is 0 Å². The Morgan fingerprint density at radius 2 is 0.750 bits per heavy atom. The molecule has 2 nitrogen and oxygen atoms in total. The zero-order chi connectivity index (χ0) is 18.1. The van der Waals surface area contributed by atoms with E-state index in [2.05, 4.69) is 91.0 Å². The Kier molecular flexibility index (Phi) is 2.12. The van der Waals surface area contributed by atoms with Crippen LogP contribution >= 0.6 is 0 Å². The highest BCUT2D eigenvalue weighted by molar-refractivity contribution is 5.80. The van der Waals surface area contributed by atoms with Gasteiger partial charge in [0.15, 0.2) is 0 Å². The molecule has 5 fully saturated rings. The number of benzene rings is 3. The molecule has 9 rings (SSSR count). The molecule has 0 N–H and O–H groups in total. The van der Waals surface area contributed by atoms with Gasteiger partial charge in [0, 0.05) is 34.0 Å². The first-order valence-corrected chi connectivity index (χ1v) is 10.5. The SMILES string of the molecule is c1ccc(C23C4[C@H]5N=N[C@H]4[C@H]4[C@H]5[C@]2(c2ccccc2)[C@]43c2ccccc2)cc1. The molecule has 3 aromatic carbocycles. The highest BCUT2D eigenvalue weighted by atomic mass is 15.3. The van der Waals surface area contributed by atoms with Crippen LogP contribution in [0.2, 0.25) is 0 Å². The van der Waals surface area contributed by atoms with Crippen LogP contribution < -0.4 is 0 Å². The second kappa shape index (κ2) is 4.15. The third kappa shape index (κ3) is 1.00. The van der Waals surface area contributed by atoms with Crippen LogP contribution in [0.5, 0.6) is 0 Å². The molecule has 1 aliphatic heterocycles. The van der Waals surface area contributed by atoms with Crippen molar-refractivity contribution in [3.63, 3.8) is 0 Å². The van der Waals surface area contributed by atoms with Gasteiger partial charge in [-0.2, -0.15) is 10.2 Å². The molecule has 1 heterocycles. The number of azo groups is 1. The molecule has 6 aliphatic rings. The van der Waals surface area contributed by atoms with Gasteiger partial charge in [-0.05, 0) is 16.7 Å². The Morgan fingerprint density at radius 1 is 0.429 bits per heavy atom.